The third-order valence-corrected chi connectivity index (χ3v) is 7.23. The fourth-order valence-electron chi connectivity index (χ4n) is 3.90. The number of guanidine groups is 1. The predicted molar refractivity (Wildman–Crippen MR) is 115 cm³/mol. The Bertz CT molecular complexity index is 738. The molecule has 7 heteroatoms. The van der Waals surface area contributed by atoms with Gasteiger partial charge in [-0.15, -0.1) is 0 Å². The Morgan fingerprint density at radius 1 is 1.11 bits per heavy atom. The molecule has 3 rings (SSSR count). The van der Waals surface area contributed by atoms with E-state index in [9.17, 15) is 8.42 Å². The first kappa shape index (κ1) is 21.1. The fraction of sp³-hybridized carbons (Fsp3) is 0.667. The summed E-state index contributed by atoms with van der Waals surface area (Å²) in [5.74, 6) is 1.16. The van der Waals surface area contributed by atoms with Crippen LogP contribution in [0.4, 0.5) is 0 Å². The quantitative estimate of drug-likeness (QED) is 0.560. The third-order valence-electron chi connectivity index (χ3n) is 5.47. The minimum Gasteiger partial charge on any atom is -0.357 e. The van der Waals surface area contributed by atoms with Crippen LogP contribution in [0.25, 0.3) is 0 Å². The Kier molecular flexibility index (Phi) is 7.73. The third kappa shape index (κ3) is 6.78. The van der Waals surface area contributed by atoms with E-state index >= 15 is 0 Å². The summed E-state index contributed by atoms with van der Waals surface area (Å²) in [6.45, 7) is 6.80. The molecule has 2 heterocycles. The summed E-state index contributed by atoms with van der Waals surface area (Å²) in [6, 6.07) is 8.68. The number of hydrogen-bond donors (Lipinski definition) is 2. The molecule has 0 aliphatic carbocycles. The van der Waals surface area contributed by atoms with Gasteiger partial charge >= 0.3 is 0 Å². The van der Waals surface area contributed by atoms with Gasteiger partial charge in [0, 0.05) is 19.1 Å². The van der Waals surface area contributed by atoms with Crippen molar-refractivity contribution in [2.45, 2.75) is 58.2 Å². The highest BCUT2D eigenvalue weighted by atomic mass is 32.2. The van der Waals surface area contributed by atoms with Gasteiger partial charge in [0.15, 0.2) is 15.8 Å². The Morgan fingerprint density at radius 3 is 2.39 bits per heavy atom. The summed E-state index contributed by atoms with van der Waals surface area (Å²) in [6.07, 6.45) is 6.01. The highest BCUT2D eigenvalue weighted by molar-refractivity contribution is 7.91. The van der Waals surface area contributed by atoms with Crippen LogP contribution in [0.5, 0.6) is 0 Å². The van der Waals surface area contributed by atoms with E-state index in [4.69, 9.17) is 0 Å². The smallest absolute Gasteiger partial charge is 0.191 e. The Balaban J connectivity index is 1.53. The molecule has 6 nitrogen and oxygen atoms in total. The van der Waals surface area contributed by atoms with E-state index in [1.807, 2.05) is 6.92 Å². The van der Waals surface area contributed by atoms with Crippen molar-refractivity contribution in [3.63, 3.8) is 0 Å². The van der Waals surface area contributed by atoms with E-state index in [-0.39, 0.29) is 17.5 Å². The molecule has 0 amide bonds. The van der Waals surface area contributed by atoms with Crippen LogP contribution >= 0.6 is 0 Å². The zero-order valence-corrected chi connectivity index (χ0v) is 17.8. The standard InChI is InChI=1S/C21H34N4O2S/c1-2-22-21(24-20-11-14-28(26,27)17-20)23-15-18-7-9-19(10-8-18)16-25-12-5-3-4-6-13-25/h7-10,20H,2-6,11-17H2,1H3,(H2,22,23,24). The minimum absolute atomic E-state index is 0.0428. The average Bonchev–Trinajstić information content (AvgIpc) is 2.85. The van der Waals surface area contributed by atoms with Crippen LogP contribution in [0.2, 0.25) is 0 Å². The number of nitrogens with zero attached hydrogens (tertiary/aromatic N) is 2. The molecule has 2 saturated heterocycles. The van der Waals surface area contributed by atoms with Crippen LogP contribution in [0.15, 0.2) is 29.3 Å². The lowest BCUT2D eigenvalue weighted by atomic mass is 10.1. The van der Waals surface area contributed by atoms with Crippen LogP contribution in [-0.2, 0) is 22.9 Å². The fourth-order valence-corrected chi connectivity index (χ4v) is 5.57. The second-order valence-corrected chi connectivity index (χ2v) is 10.2. The molecule has 28 heavy (non-hydrogen) atoms. The van der Waals surface area contributed by atoms with Gasteiger partial charge < -0.3 is 10.6 Å². The number of hydrogen-bond acceptors (Lipinski definition) is 4. The molecule has 0 saturated carbocycles. The first-order chi connectivity index (χ1) is 13.5. The van der Waals surface area contributed by atoms with E-state index in [2.05, 4.69) is 44.8 Å². The monoisotopic (exact) mass is 406 g/mol. The molecular weight excluding hydrogens is 372 g/mol. The molecule has 2 fully saturated rings. The van der Waals surface area contributed by atoms with Gasteiger partial charge in [-0.05, 0) is 50.4 Å². The van der Waals surface area contributed by atoms with Crippen molar-refractivity contribution in [1.82, 2.24) is 15.5 Å². The number of sulfone groups is 1. The van der Waals surface area contributed by atoms with Gasteiger partial charge in [-0.2, -0.15) is 0 Å². The largest absolute Gasteiger partial charge is 0.357 e. The van der Waals surface area contributed by atoms with E-state index in [0.717, 1.165) is 18.7 Å². The molecule has 156 valence electrons. The van der Waals surface area contributed by atoms with Crippen LogP contribution < -0.4 is 10.6 Å². The highest BCUT2D eigenvalue weighted by Gasteiger charge is 2.28. The summed E-state index contributed by atoms with van der Waals surface area (Å²) in [5, 5.41) is 6.48. The molecule has 1 atom stereocenters. The van der Waals surface area contributed by atoms with Crippen molar-refractivity contribution in [3.05, 3.63) is 35.4 Å². The topological polar surface area (TPSA) is 73.8 Å². The molecule has 2 aliphatic heterocycles. The summed E-state index contributed by atoms with van der Waals surface area (Å²) in [5.41, 5.74) is 2.52. The Labute approximate surface area is 169 Å². The number of nitrogens with one attached hydrogen (secondary N) is 2. The van der Waals surface area contributed by atoms with Gasteiger partial charge in [0.2, 0.25) is 0 Å². The maximum absolute atomic E-state index is 11.6. The molecule has 0 bridgehead atoms. The summed E-state index contributed by atoms with van der Waals surface area (Å²) >= 11 is 0. The van der Waals surface area contributed by atoms with Crippen molar-refractivity contribution in [1.29, 1.82) is 0 Å². The van der Waals surface area contributed by atoms with Gasteiger partial charge in [0.25, 0.3) is 0 Å². The van der Waals surface area contributed by atoms with Crippen LogP contribution in [0, 0.1) is 0 Å². The number of rotatable bonds is 6. The normalized spacial score (nSPS) is 23.3. The molecule has 0 spiro atoms. The lowest BCUT2D eigenvalue weighted by Crippen LogP contribution is -2.44. The zero-order chi connectivity index (χ0) is 19.8. The SMILES string of the molecule is CCNC(=NCc1ccc(CN2CCCCCC2)cc1)NC1CCS(=O)(=O)C1. The summed E-state index contributed by atoms with van der Waals surface area (Å²) in [7, 11) is -2.89. The van der Waals surface area contributed by atoms with E-state index < -0.39 is 9.84 Å². The molecule has 0 aromatic heterocycles. The zero-order valence-electron chi connectivity index (χ0n) is 17.0. The van der Waals surface area contributed by atoms with Crippen molar-refractivity contribution in [2.24, 2.45) is 4.99 Å². The average molecular weight is 407 g/mol. The van der Waals surface area contributed by atoms with Crippen LogP contribution in [-0.4, -0.2) is 56.5 Å². The molecular formula is C21H34N4O2S. The van der Waals surface area contributed by atoms with E-state index in [1.54, 1.807) is 0 Å². The molecule has 0 radical (unpaired) electrons. The van der Waals surface area contributed by atoms with Gasteiger partial charge in [-0.1, -0.05) is 37.1 Å². The van der Waals surface area contributed by atoms with Crippen molar-refractivity contribution >= 4 is 15.8 Å². The van der Waals surface area contributed by atoms with Crippen LogP contribution in [0.3, 0.4) is 0 Å². The number of aliphatic imine (C=N–C) groups is 1. The highest BCUT2D eigenvalue weighted by Crippen LogP contribution is 2.14. The summed E-state index contributed by atoms with van der Waals surface area (Å²) in [4.78, 5) is 7.20. The Hall–Kier alpha value is -1.60. The number of benzene rings is 1. The Morgan fingerprint density at radius 2 is 1.79 bits per heavy atom. The maximum atomic E-state index is 11.6. The second kappa shape index (κ2) is 10.3. The van der Waals surface area contributed by atoms with Gasteiger partial charge in [0.1, 0.15) is 0 Å². The van der Waals surface area contributed by atoms with E-state index in [0.29, 0.717) is 18.9 Å². The summed E-state index contributed by atoms with van der Waals surface area (Å²) < 4.78 is 23.3. The van der Waals surface area contributed by atoms with Crippen molar-refractivity contribution in [3.8, 4) is 0 Å². The maximum Gasteiger partial charge on any atom is 0.191 e. The van der Waals surface area contributed by atoms with Gasteiger partial charge in [-0.25, -0.2) is 13.4 Å². The number of likely N-dealkylation sites (tertiary alicyclic amines) is 1. The lowest BCUT2D eigenvalue weighted by Gasteiger charge is -2.19. The van der Waals surface area contributed by atoms with Gasteiger partial charge in [0.05, 0.1) is 18.1 Å². The van der Waals surface area contributed by atoms with Crippen molar-refractivity contribution < 1.29 is 8.42 Å². The van der Waals surface area contributed by atoms with Crippen LogP contribution in [0.1, 0.15) is 50.2 Å². The van der Waals surface area contributed by atoms with Gasteiger partial charge in [-0.3, -0.25) is 4.90 Å². The molecule has 2 N–H and O–H groups in total. The molecule has 1 aromatic rings. The van der Waals surface area contributed by atoms with Crippen molar-refractivity contribution in [2.75, 3.05) is 31.1 Å². The predicted octanol–water partition coefficient (Wildman–Crippen LogP) is 2.30. The first-order valence-electron chi connectivity index (χ1n) is 10.6. The van der Waals surface area contributed by atoms with E-state index in [1.165, 1.54) is 44.3 Å². The first-order valence-corrected chi connectivity index (χ1v) is 12.4. The lowest BCUT2D eigenvalue weighted by molar-refractivity contribution is 0.277. The molecule has 1 aromatic carbocycles. The molecule has 2 aliphatic rings. The second-order valence-electron chi connectivity index (χ2n) is 7.95. The molecule has 1 unspecified atom stereocenters. The minimum atomic E-state index is -2.89.